The maximum Gasteiger partial charge on any atom is 0.338 e. The van der Waals surface area contributed by atoms with Gasteiger partial charge in [0, 0.05) is 19.2 Å². The molecule has 1 N–H and O–H groups in total. The third kappa shape index (κ3) is 5.22. The molecule has 0 radical (unpaired) electrons. The number of piperidine rings is 1. The van der Waals surface area contributed by atoms with Crippen LogP contribution in [0.25, 0.3) is 0 Å². The molecule has 0 saturated carbocycles. The summed E-state index contributed by atoms with van der Waals surface area (Å²) >= 11 is 0. The first-order valence-electron chi connectivity index (χ1n) is 11.2. The molecule has 1 atom stereocenters. The van der Waals surface area contributed by atoms with E-state index in [0.29, 0.717) is 23.1 Å². The van der Waals surface area contributed by atoms with Crippen molar-refractivity contribution in [3.8, 4) is 11.5 Å². The van der Waals surface area contributed by atoms with Crippen molar-refractivity contribution in [3.63, 3.8) is 0 Å². The van der Waals surface area contributed by atoms with Crippen molar-refractivity contribution in [1.82, 2.24) is 5.32 Å². The van der Waals surface area contributed by atoms with Crippen molar-refractivity contribution in [2.24, 2.45) is 5.92 Å². The summed E-state index contributed by atoms with van der Waals surface area (Å²) in [5.41, 5.74) is 1.17. The van der Waals surface area contributed by atoms with Gasteiger partial charge in [-0.05, 0) is 55.5 Å². The van der Waals surface area contributed by atoms with E-state index in [1.807, 2.05) is 11.0 Å². The number of rotatable bonds is 7. The summed E-state index contributed by atoms with van der Waals surface area (Å²) in [6.07, 6.45) is 1.92. The number of nitro groups is 1. The van der Waals surface area contributed by atoms with Crippen molar-refractivity contribution in [2.75, 3.05) is 31.4 Å². The molecule has 0 bridgehead atoms. The van der Waals surface area contributed by atoms with Crippen molar-refractivity contribution in [3.05, 3.63) is 57.6 Å². The van der Waals surface area contributed by atoms with Crippen LogP contribution in [0.3, 0.4) is 0 Å². The molecule has 1 saturated heterocycles. The van der Waals surface area contributed by atoms with Crippen LogP contribution in [0.15, 0.2) is 36.4 Å². The van der Waals surface area contributed by atoms with E-state index in [1.54, 1.807) is 25.1 Å². The molecule has 2 aliphatic rings. The first-order valence-corrected chi connectivity index (χ1v) is 11.2. The Morgan fingerprint density at radius 3 is 2.65 bits per heavy atom. The summed E-state index contributed by atoms with van der Waals surface area (Å²) in [5.74, 6) is 0.545. The Labute approximate surface area is 196 Å². The van der Waals surface area contributed by atoms with Gasteiger partial charge in [0.15, 0.2) is 18.1 Å². The number of amides is 1. The molecule has 10 nitrogen and oxygen atoms in total. The highest BCUT2D eigenvalue weighted by molar-refractivity contribution is 5.93. The highest BCUT2D eigenvalue weighted by Crippen LogP contribution is 2.34. The molecule has 2 heterocycles. The van der Waals surface area contributed by atoms with Crippen molar-refractivity contribution >= 4 is 23.3 Å². The fourth-order valence-corrected chi connectivity index (χ4v) is 4.08. The van der Waals surface area contributed by atoms with Gasteiger partial charge in [0.2, 0.25) is 6.79 Å². The van der Waals surface area contributed by atoms with Gasteiger partial charge >= 0.3 is 5.97 Å². The number of nitrogens with zero attached hydrogens (tertiary/aromatic N) is 2. The lowest BCUT2D eigenvalue weighted by atomic mass is 9.98. The molecule has 180 valence electrons. The lowest BCUT2D eigenvalue weighted by Gasteiger charge is -2.31. The van der Waals surface area contributed by atoms with E-state index in [0.717, 1.165) is 31.5 Å². The molecule has 1 fully saturated rings. The normalized spacial score (nSPS) is 16.1. The SMILES string of the molecule is CC1CCN(c2ccc(C(=O)OCC(=O)NC(C)c3ccc4c(c3)OCO4)cc2[N+](=O)[O-])CC1. The van der Waals surface area contributed by atoms with Crippen LogP contribution in [0.1, 0.15) is 48.7 Å². The second-order valence-corrected chi connectivity index (χ2v) is 8.61. The molecule has 0 aliphatic carbocycles. The van der Waals surface area contributed by atoms with Gasteiger partial charge in [0.05, 0.1) is 16.5 Å². The van der Waals surface area contributed by atoms with E-state index in [2.05, 4.69) is 12.2 Å². The van der Waals surface area contributed by atoms with Gasteiger partial charge in [0.1, 0.15) is 5.69 Å². The third-order valence-corrected chi connectivity index (χ3v) is 6.14. The van der Waals surface area contributed by atoms with Crippen LogP contribution in [-0.2, 0) is 9.53 Å². The highest BCUT2D eigenvalue weighted by Gasteiger charge is 2.25. The minimum Gasteiger partial charge on any atom is -0.454 e. The predicted molar refractivity (Wildman–Crippen MR) is 123 cm³/mol. The Bertz CT molecular complexity index is 1100. The summed E-state index contributed by atoms with van der Waals surface area (Å²) in [5, 5.41) is 14.4. The zero-order valence-corrected chi connectivity index (χ0v) is 19.1. The van der Waals surface area contributed by atoms with Crippen LogP contribution in [0.2, 0.25) is 0 Å². The minimum absolute atomic E-state index is 0.0254. The molecule has 2 aliphatic heterocycles. The minimum atomic E-state index is -0.798. The molecular formula is C24H27N3O7. The molecule has 34 heavy (non-hydrogen) atoms. The number of esters is 1. The van der Waals surface area contributed by atoms with E-state index in [4.69, 9.17) is 14.2 Å². The largest absolute Gasteiger partial charge is 0.454 e. The zero-order chi connectivity index (χ0) is 24.2. The number of anilines is 1. The van der Waals surface area contributed by atoms with E-state index in [-0.39, 0.29) is 24.1 Å². The monoisotopic (exact) mass is 469 g/mol. The quantitative estimate of drug-likeness (QED) is 0.371. The third-order valence-electron chi connectivity index (χ3n) is 6.14. The Kier molecular flexibility index (Phi) is 6.85. The Hall–Kier alpha value is -3.82. The van der Waals surface area contributed by atoms with Gasteiger partial charge in [-0.1, -0.05) is 13.0 Å². The van der Waals surface area contributed by atoms with Crippen LogP contribution < -0.4 is 19.7 Å². The highest BCUT2D eigenvalue weighted by atomic mass is 16.7. The number of ether oxygens (including phenoxy) is 3. The Morgan fingerprint density at radius 1 is 1.18 bits per heavy atom. The number of carbonyl (C=O) groups excluding carboxylic acids is 2. The molecule has 4 rings (SSSR count). The summed E-state index contributed by atoms with van der Waals surface area (Å²) < 4.78 is 15.7. The molecule has 0 aromatic heterocycles. The van der Waals surface area contributed by atoms with Crippen molar-refractivity contribution in [1.29, 1.82) is 0 Å². The van der Waals surface area contributed by atoms with Crippen LogP contribution in [0.4, 0.5) is 11.4 Å². The van der Waals surface area contributed by atoms with Gasteiger partial charge in [0.25, 0.3) is 11.6 Å². The number of carbonyl (C=O) groups is 2. The zero-order valence-electron chi connectivity index (χ0n) is 19.1. The predicted octanol–water partition coefficient (Wildman–Crippen LogP) is 3.59. The van der Waals surface area contributed by atoms with Gasteiger partial charge in [-0.2, -0.15) is 0 Å². The summed E-state index contributed by atoms with van der Waals surface area (Å²) in [6, 6.07) is 9.29. The van der Waals surface area contributed by atoms with Gasteiger partial charge in [-0.25, -0.2) is 4.79 Å². The standard InChI is InChI=1S/C24H27N3O7/c1-15-7-9-26(10-8-15)19-5-3-18(11-20(19)27(30)31)24(29)32-13-23(28)25-16(2)17-4-6-21-22(12-17)34-14-33-21/h3-6,11-12,15-16H,7-10,13-14H2,1-2H3,(H,25,28). The second-order valence-electron chi connectivity index (χ2n) is 8.61. The number of benzene rings is 2. The van der Waals surface area contributed by atoms with Gasteiger partial charge in [-0.3, -0.25) is 14.9 Å². The lowest BCUT2D eigenvalue weighted by molar-refractivity contribution is -0.384. The molecule has 2 aromatic rings. The van der Waals surface area contributed by atoms with Crippen LogP contribution >= 0.6 is 0 Å². The Morgan fingerprint density at radius 2 is 1.91 bits per heavy atom. The van der Waals surface area contributed by atoms with Crippen LogP contribution in [0, 0.1) is 16.0 Å². The first kappa shape index (κ1) is 23.3. The van der Waals surface area contributed by atoms with Gasteiger partial charge < -0.3 is 24.4 Å². The number of nitrogens with one attached hydrogen (secondary N) is 1. The first-order chi connectivity index (χ1) is 16.3. The maximum atomic E-state index is 12.5. The van der Waals surface area contributed by atoms with Gasteiger partial charge in [-0.15, -0.1) is 0 Å². The lowest BCUT2D eigenvalue weighted by Crippen LogP contribution is -2.33. The van der Waals surface area contributed by atoms with Crippen molar-refractivity contribution in [2.45, 2.75) is 32.7 Å². The molecule has 1 amide bonds. The average Bonchev–Trinajstić information content (AvgIpc) is 3.30. The number of hydrogen-bond donors (Lipinski definition) is 1. The summed E-state index contributed by atoms with van der Waals surface area (Å²) in [4.78, 5) is 37.9. The molecule has 0 spiro atoms. The fraction of sp³-hybridized carbons (Fsp3) is 0.417. The summed E-state index contributed by atoms with van der Waals surface area (Å²) in [7, 11) is 0. The molecule has 10 heteroatoms. The Balaban J connectivity index is 1.35. The smallest absolute Gasteiger partial charge is 0.338 e. The van der Waals surface area contributed by atoms with Crippen LogP contribution in [-0.4, -0.2) is 43.3 Å². The number of hydrogen-bond acceptors (Lipinski definition) is 8. The van der Waals surface area contributed by atoms with E-state index >= 15 is 0 Å². The number of nitro benzene ring substituents is 1. The van der Waals surface area contributed by atoms with Crippen molar-refractivity contribution < 1.29 is 28.7 Å². The topological polar surface area (TPSA) is 120 Å². The van der Waals surface area contributed by atoms with E-state index in [9.17, 15) is 19.7 Å². The number of fused-ring (bicyclic) bond motifs is 1. The molecular weight excluding hydrogens is 442 g/mol. The fourth-order valence-electron chi connectivity index (χ4n) is 4.08. The molecule has 2 aromatic carbocycles. The summed E-state index contributed by atoms with van der Waals surface area (Å²) in [6.45, 7) is 5.07. The van der Waals surface area contributed by atoms with E-state index < -0.39 is 23.4 Å². The average molecular weight is 469 g/mol. The van der Waals surface area contributed by atoms with E-state index in [1.165, 1.54) is 12.1 Å². The van der Waals surface area contributed by atoms with Crippen LogP contribution in [0.5, 0.6) is 11.5 Å². The maximum absolute atomic E-state index is 12.5. The molecule has 1 unspecified atom stereocenters. The second kappa shape index (κ2) is 9.98.